The molecule has 0 saturated carbocycles. The van der Waals surface area contributed by atoms with Gasteiger partial charge in [0.05, 0.1) is 24.4 Å². The molecule has 0 saturated heterocycles. The summed E-state index contributed by atoms with van der Waals surface area (Å²) in [4.78, 5) is 19.5. The third kappa shape index (κ3) is 8.22. The van der Waals surface area contributed by atoms with E-state index in [1.165, 1.54) is 0 Å². The minimum absolute atomic E-state index is 0.0310. The maximum atomic E-state index is 14.4. The van der Waals surface area contributed by atoms with Gasteiger partial charge in [0, 0.05) is 36.0 Å². The van der Waals surface area contributed by atoms with Gasteiger partial charge < -0.3 is 24.6 Å². The summed E-state index contributed by atoms with van der Waals surface area (Å²) in [6, 6.07) is 30.2. The number of ether oxygens (including phenoxy) is 3. The lowest BCUT2D eigenvalue weighted by atomic mass is 9.85. The Hall–Kier alpha value is -4.19. The number of aliphatic hydroxyl groups excluding tert-OH is 1. The van der Waals surface area contributed by atoms with Crippen molar-refractivity contribution in [2.45, 2.75) is 35.8 Å². The molecule has 1 aliphatic heterocycles. The summed E-state index contributed by atoms with van der Waals surface area (Å²) in [5, 5.41) is 12.1. The lowest BCUT2D eigenvalue weighted by molar-refractivity contribution is -0.129. The standard InChI is InChI=1S/C36H37BrN2O7S/c1-44-32-11-6-5-8-26(32)20-22-38-35(41)36(21-25-47(42,43)31-9-3-2-4-10-31)33(27-12-16-29(37)17-13-27)46-34(39-36)28-14-18-30(19-15-28)45-24-7-23-40/h2-6,8-19,33,40H,7,20-25H2,1H3,(H,38,41)/t33-,36-/m1/s1. The number of benzene rings is 4. The molecule has 2 atom stereocenters. The van der Waals surface area contributed by atoms with Gasteiger partial charge in [-0.1, -0.05) is 64.5 Å². The number of aliphatic imine (C=N–C) groups is 1. The predicted octanol–water partition coefficient (Wildman–Crippen LogP) is 5.70. The number of rotatable bonds is 15. The quantitative estimate of drug-likeness (QED) is 0.151. The molecule has 0 aliphatic carbocycles. The van der Waals surface area contributed by atoms with E-state index in [9.17, 15) is 13.2 Å². The van der Waals surface area contributed by atoms with E-state index in [1.54, 1.807) is 61.7 Å². The molecule has 5 rings (SSSR count). The topological polar surface area (TPSA) is 124 Å². The molecule has 47 heavy (non-hydrogen) atoms. The van der Waals surface area contributed by atoms with Crippen molar-refractivity contribution in [1.82, 2.24) is 5.32 Å². The SMILES string of the molecule is COc1ccccc1CCNC(=O)[C@]1(CCS(=O)(=O)c2ccccc2)N=C(c2ccc(OCCCO)cc2)O[C@@H]1c1ccc(Br)cc1. The molecule has 0 unspecified atom stereocenters. The number of methoxy groups -OCH3 is 1. The van der Waals surface area contributed by atoms with E-state index in [0.29, 0.717) is 42.1 Å². The zero-order valence-electron chi connectivity index (χ0n) is 26.0. The predicted molar refractivity (Wildman–Crippen MR) is 184 cm³/mol. The number of halogens is 1. The Kier molecular flexibility index (Phi) is 11.3. The summed E-state index contributed by atoms with van der Waals surface area (Å²) in [6.07, 6.45) is -0.0420. The number of carbonyl (C=O) groups is 1. The van der Waals surface area contributed by atoms with Gasteiger partial charge in [-0.25, -0.2) is 13.4 Å². The van der Waals surface area contributed by atoms with Crippen LogP contribution in [0.2, 0.25) is 0 Å². The van der Waals surface area contributed by atoms with Crippen molar-refractivity contribution in [3.05, 3.63) is 124 Å². The van der Waals surface area contributed by atoms with Crippen LogP contribution in [-0.2, 0) is 25.8 Å². The molecule has 1 aliphatic rings. The number of nitrogens with zero attached hydrogens (tertiary/aromatic N) is 1. The molecular weight excluding hydrogens is 684 g/mol. The number of carbonyl (C=O) groups excluding carboxylic acids is 1. The Balaban J connectivity index is 1.51. The number of hydrogen-bond donors (Lipinski definition) is 2. The Morgan fingerprint density at radius 2 is 1.68 bits per heavy atom. The van der Waals surface area contributed by atoms with Crippen molar-refractivity contribution in [1.29, 1.82) is 0 Å². The van der Waals surface area contributed by atoms with Crippen LogP contribution in [0.3, 0.4) is 0 Å². The molecule has 0 fully saturated rings. The van der Waals surface area contributed by atoms with Crippen molar-refractivity contribution in [2.24, 2.45) is 4.99 Å². The summed E-state index contributed by atoms with van der Waals surface area (Å²) < 4.78 is 45.6. The third-order valence-corrected chi connectivity index (χ3v) is 10.2. The van der Waals surface area contributed by atoms with E-state index >= 15 is 0 Å². The highest BCUT2D eigenvalue weighted by atomic mass is 79.9. The van der Waals surface area contributed by atoms with E-state index in [1.807, 2.05) is 48.5 Å². The lowest BCUT2D eigenvalue weighted by Gasteiger charge is -2.30. The first-order valence-corrected chi connectivity index (χ1v) is 17.7. The highest BCUT2D eigenvalue weighted by Gasteiger charge is 2.53. The molecule has 9 nitrogen and oxygen atoms in total. The molecule has 4 aromatic carbocycles. The van der Waals surface area contributed by atoms with Crippen LogP contribution < -0.4 is 14.8 Å². The molecular formula is C36H37BrN2O7S. The van der Waals surface area contributed by atoms with Gasteiger partial charge >= 0.3 is 0 Å². The van der Waals surface area contributed by atoms with Gasteiger partial charge in [-0.15, -0.1) is 0 Å². The Morgan fingerprint density at radius 1 is 0.979 bits per heavy atom. The van der Waals surface area contributed by atoms with Crippen LogP contribution in [0.4, 0.5) is 0 Å². The Bertz CT molecular complexity index is 1780. The van der Waals surface area contributed by atoms with E-state index in [-0.39, 0.29) is 36.1 Å². The van der Waals surface area contributed by atoms with Gasteiger partial charge in [-0.2, -0.15) is 0 Å². The Labute approximate surface area is 283 Å². The van der Waals surface area contributed by atoms with Gasteiger partial charge in [0.1, 0.15) is 11.5 Å². The van der Waals surface area contributed by atoms with Crippen molar-refractivity contribution in [3.63, 3.8) is 0 Å². The van der Waals surface area contributed by atoms with E-state index in [2.05, 4.69) is 21.2 Å². The fourth-order valence-electron chi connectivity index (χ4n) is 5.42. The van der Waals surface area contributed by atoms with Crippen LogP contribution in [0.5, 0.6) is 11.5 Å². The fourth-order valence-corrected chi connectivity index (χ4v) is 7.07. The number of aliphatic hydroxyl groups is 1. The van der Waals surface area contributed by atoms with Gasteiger partial charge in [0.15, 0.2) is 21.5 Å². The molecule has 4 aromatic rings. The summed E-state index contributed by atoms with van der Waals surface area (Å²) in [5.41, 5.74) is 0.597. The first-order valence-electron chi connectivity index (χ1n) is 15.3. The van der Waals surface area contributed by atoms with Crippen LogP contribution in [0.15, 0.2) is 117 Å². The van der Waals surface area contributed by atoms with E-state index in [0.717, 1.165) is 10.0 Å². The summed E-state index contributed by atoms with van der Waals surface area (Å²) in [6.45, 7) is 0.667. The van der Waals surface area contributed by atoms with Crippen molar-refractivity contribution < 1.29 is 32.5 Å². The molecule has 1 heterocycles. The lowest BCUT2D eigenvalue weighted by Crippen LogP contribution is -2.49. The van der Waals surface area contributed by atoms with Crippen LogP contribution in [0.1, 0.15) is 35.6 Å². The van der Waals surface area contributed by atoms with Crippen molar-refractivity contribution in [3.8, 4) is 11.5 Å². The molecule has 246 valence electrons. The number of amides is 1. The summed E-state index contributed by atoms with van der Waals surface area (Å²) in [7, 11) is -2.17. The number of sulfone groups is 1. The van der Waals surface area contributed by atoms with Crippen LogP contribution >= 0.6 is 15.9 Å². The molecule has 0 bridgehead atoms. The number of para-hydroxylation sites is 1. The largest absolute Gasteiger partial charge is 0.496 e. The maximum absolute atomic E-state index is 14.4. The van der Waals surface area contributed by atoms with Crippen LogP contribution in [0.25, 0.3) is 0 Å². The second kappa shape index (κ2) is 15.6. The van der Waals surface area contributed by atoms with Crippen LogP contribution in [-0.4, -0.2) is 63.5 Å². The maximum Gasteiger partial charge on any atom is 0.252 e. The molecule has 0 radical (unpaired) electrons. The summed E-state index contributed by atoms with van der Waals surface area (Å²) >= 11 is 3.48. The van der Waals surface area contributed by atoms with Crippen molar-refractivity contribution in [2.75, 3.05) is 32.6 Å². The third-order valence-electron chi connectivity index (χ3n) is 7.93. The summed E-state index contributed by atoms with van der Waals surface area (Å²) in [5.74, 6) is 0.771. The number of hydrogen-bond acceptors (Lipinski definition) is 8. The zero-order chi connectivity index (χ0) is 33.3. The van der Waals surface area contributed by atoms with Crippen LogP contribution in [0, 0.1) is 0 Å². The number of nitrogens with one attached hydrogen (secondary N) is 1. The second-order valence-corrected chi connectivity index (χ2v) is 14.1. The molecule has 0 spiro atoms. The Morgan fingerprint density at radius 3 is 2.38 bits per heavy atom. The van der Waals surface area contributed by atoms with E-state index in [4.69, 9.17) is 24.3 Å². The second-order valence-electron chi connectivity index (χ2n) is 11.0. The molecule has 0 aromatic heterocycles. The first-order chi connectivity index (χ1) is 22.8. The zero-order valence-corrected chi connectivity index (χ0v) is 28.4. The highest BCUT2D eigenvalue weighted by Crippen LogP contribution is 2.43. The molecule has 2 N–H and O–H groups in total. The molecule has 11 heteroatoms. The first kappa shape index (κ1) is 34.2. The highest BCUT2D eigenvalue weighted by molar-refractivity contribution is 9.10. The average molecular weight is 722 g/mol. The minimum atomic E-state index is -3.77. The smallest absolute Gasteiger partial charge is 0.252 e. The van der Waals surface area contributed by atoms with Gasteiger partial charge in [0.2, 0.25) is 5.90 Å². The van der Waals surface area contributed by atoms with Gasteiger partial charge in [-0.3, -0.25) is 4.79 Å². The van der Waals surface area contributed by atoms with Crippen molar-refractivity contribution >= 4 is 37.6 Å². The fraction of sp³-hybridized carbons (Fsp3) is 0.278. The normalized spacial score (nSPS) is 17.4. The van der Waals surface area contributed by atoms with Gasteiger partial charge in [0.25, 0.3) is 5.91 Å². The van der Waals surface area contributed by atoms with Gasteiger partial charge in [-0.05, 0) is 72.1 Å². The average Bonchev–Trinajstić information content (AvgIpc) is 3.50. The monoisotopic (exact) mass is 720 g/mol. The van der Waals surface area contributed by atoms with E-state index < -0.39 is 27.4 Å². The minimum Gasteiger partial charge on any atom is -0.496 e. The molecule has 1 amide bonds.